The molecular formula is C20H19ClN2O2. The molecule has 1 aromatic heterocycles. The van der Waals surface area contributed by atoms with Gasteiger partial charge in [0.15, 0.2) is 11.5 Å². The van der Waals surface area contributed by atoms with E-state index in [1.807, 2.05) is 53.4 Å². The number of carbonyl (C=O) groups is 1. The highest BCUT2D eigenvalue weighted by atomic mass is 35.5. The second-order valence-electron chi connectivity index (χ2n) is 6.48. The van der Waals surface area contributed by atoms with Gasteiger partial charge in [0.05, 0.1) is 6.42 Å². The predicted molar refractivity (Wildman–Crippen MR) is 97.7 cm³/mol. The number of benzene rings is 2. The van der Waals surface area contributed by atoms with Crippen LogP contribution in [-0.2, 0) is 11.2 Å². The van der Waals surface area contributed by atoms with Crippen LogP contribution in [0.4, 0.5) is 0 Å². The molecule has 1 fully saturated rings. The molecule has 4 rings (SSSR count). The molecule has 2 aromatic carbocycles. The fourth-order valence-electron chi connectivity index (χ4n) is 3.33. The summed E-state index contributed by atoms with van der Waals surface area (Å²) in [6.45, 7) is 1.49. The SMILES string of the molecule is O=C(Cc1ccc(Cl)cc1)N1CCC(c2nc3ccccc3o2)CC1. The van der Waals surface area contributed by atoms with Gasteiger partial charge >= 0.3 is 0 Å². The average Bonchev–Trinajstić information content (AvgIpc) is 3.08. The van der Waals surface area contributed by atoms with E-state index in [0.29, 0.717) is 11.4 Å². The van der Waals surface area contributed by atoms with E-state index < -0.39 is 0 Å². The molecule has 0 N–H and O–H groups in total. The average molecular weight is 355 g/mol. The van der Waals surface area contributed by atoms with Crippen molar-refractivity contribution in [2.75, 3.05) is 13.1 Å². The van der Waals surface area contributed by atoms with Gasteiger partial charge in [-0.25, -0.2) is 4.98 Å². The number of hydrogen-bond donors (Lipinski definition) is 0. The molecule has 0 saturated carbocycles. The van der Waals surface area contributed by atoms with Crippen molar-refractivity contribution in [2.24, 2.45) is 0 Å². The molecule has 1 amide bonds. The standard InChI is InChI=1S/C20H19ClN2O2/c21-16-7-5-14(6-8-16)13-19(24)23-11-9-15(10-12-23)20-22-17-3-1-2-4-18(17)25-20/h1-8,15H,9-13H2. The van der Waals surface area contributed by atoms with E-state index in [9.17, 15) is 4.79 Å². The van der Waals surface area contributed by atoms with E-state index in [0.717, 1.165) is 48.5 Å². The van der Waals surface area contributed by atoms with Crippen LogP contribution in [0, 0.1) is 0 Å². The molecular weight excluding hydrogens is 336 g/mol. The van der Waals surface area contributed by atoms with E-state index in [-0.39, 0.29) is 11.8 Å². The van der Waals surface area contributed by atoms with Gasteiger partial charge in [-0.05, 0) is 42.7 Å². The number of fused-ring (bicyclic) bond motifs is 1. The Kier molecular flexibility index (Phi) is 4.45. The normalized spacial score (nSPS) is 15.6. The maximum Gasteiger partial charge on any atom is 0.226 e. The van der Waals surface area contributed by atoms with Gasteiger partial charge < -0.3 is 9.32 Å². The molecule has 0 unspecified atom stereocenters. The lowest BCUT2D eigenvalue weighted by Crippen LogP contribution is -2.38. The lowest BCUT2D eigenvalue weighted by Gasteiger charge is -2.30. The molecule has 1 aliphatic rings. The van der Waals surface area contributed by atoms with Crippen LogP contribution >= 0.6 is 11.6 Å². The summed E-state index contributed by atoms with van der Waals surface area (Å²) in [5.41, 5.74) is 2.73. The molecule has 1 saturated heterocycles. The predicted octanol–water partition coefficient (Wildman–Crippen LogP) is 4.43. The van der Waals surface area contributed by atoms with Crippen molar-refractivity contribution < 1.29 is 9.21 Å². The molecule has 0 bridgehead atoms. The zero-order valence-electron chi connectivity index (χ0n) is 13.8. The number of rotatable bonds is 3. The molecule has 0 aliphatic carbocycles. The Morgan fingerprint density at radius 3 is 2.56 bits per heavy atom. The number of amides is 1. The third-order valence-electron chi connectivity index (χ3n) is 4.78. The van der Waals surface area contributed by atoms with Crippen LogP contribution in [0.1, 0.15) is 30.2 Å². The van der Waals surface area contributed by atoms with Crippen molar-refractivity contribution in [1.29, 1.82) is 0 Å². The number of halogens is 1. The summed E-state index contributed by atoms with van der Waals surface area (Å²) in [5, 5.41) is 0.690. The summed E-state index contributed by atoms with van der Waals surface area (Å²) in [6.07, 6.45) is 2.20. The quantitative estimate of drug-likeness (QED) is 0.699. The Labute approximate surface area is 151 Å². The molecule has 2 heterocycles. The van der Waals surface area contributed by atoms with Gasteiger partial charge in [-0.2, -0.15) is 0 Å². The molecule has 0 atom stereocenters. The van der Waals surface area contributed by atoms with E-state index in [1.54, 1.807) is 0 Å². The largest absolute Gasteiger partial charge is 0.440 e. The minimum absolute atomic E-state index is 0.165. The first-order valence-electron chi connectivity index (χ1n) is 8.57. The Balaban J connectivity index is 1.37. The summed E-state index contributed by atoms with van der Waals surface area (Å²) >= 11 is 5.89. The molecule has 25 heavy (non-hydrogen) atoms. The molecule has 4 nitrogen and oxygen atoms in total. The first-order chi connectivity index (χ1) is 12.2. The summed E-state index contributed by atoms with van der Waals surface area (Å²) in [5.74, 6) is 1.25. The monoisotopic (exact) mass is 354 g/mol. The highest BCUT2D eigenvalue weighted by Gasteiger charge is 2.27. The molecule has 3 aromatic rings. The molecule has 128 valence electrons. The van der Waals surface area contributed by atoms with Crippen molar-refractivity contribution in [1.82, 2.24) is 9.88 Å². The van der Waals surface area contributed by atoms with Gasteiger partial charge in [-0.3, -0.25) is 4.79 Å². The van der Waals surface area contributed by atoms with E-state index in [2.05, 4.69) is 4.98 Å². The van der Waals surface area contributed by atoms with Crippen LogP contribution in [0.2, 0.25) is 5.02 Å². The highest BCUT2D eigenvalue weighted by Crippen LogP contribution is 2.30. The Bertz CT molecular complexity index is 847. The minimum Gasteiger partial charge on any atom is -0.440 e. The van der Waals surface area contributed by atoms with Gasteiger partial charge in [0.2, 0.25) is 5.91 Å². The minimum atomic E-state index is 0.165. The number of para-hydroxylation sites is 2. The Morgan fingerprint density at radius 2 is 1.84 bits per heavy atom. The third kappa shape index (κ3) is 3.54. The maximum absolute atomic E-state index is 12.5. The van der Waals surface area contributed by atoms with Crippen LogP contribution in [0.25, 0.3) is 11.1 Å². The van der Waals surface area contributed by atoms with Crippen LogP contribution in [0.3, 0.4) is 0 Å². The second-order valence-corrected chi connectivity index (χ2v) is 6.91. The summed E-state index contributed by atoms with van der Waals surface area (Å²) in [6, 6.07) is 15.3. The van der Waals surface area contributed by atoms with Gasteiger partial charge in [-0.15, -0.1) is 0 Å². The van der Waals surface area contributed by atoms with Crippen molar-refractivity contribution in [2.45, 2.75) is 25.2 Å². The maximum atomic E-state index is 12.5. The van der Waals surface area contributed by atoms with Crippen molar-refractivity contribution in [3.8, 4) is 0 Å². The van der Waals surface area contributed by atoms with Crippen LogP contribution < -0.4 is 0 Å². The lowest BCUT2D eigenvalue weighted by atomic mass is 9.96. The van der Waals surface area contributed by atoms with Crippen molar-refractivity contribution >= 4 is 28.6 Å². The van der Waals surface area contributed by atoms with Gasteiger partial charge in [-0.1, -0.05) is 35.9 Å². The fraction of sp³-hybridized carbons (Fsp3) is 0.300. The number of nitrogens with zero attached hydrogens (tertiary/aromatic N) is 2. The second kappa shape index (κ2) is 6.89. The molecule has 0 radical (unpaired) electrons. The number of oxazole rings is 1. The topological polar surface area (TPSA) is 46.3 Å². The highest BCUT2D eigenvalue weighted by molar-refractivity contribution is 6.30. The zero-order chi connectivity index (χ0) is 17.2. The van der Waals surface area contributed by atoms with Crippen molar-refractivity contribution in [3.63, 3.8) is 0 Å². The number of carbonyl (C=O) groups excluding carboxylic acids is 1. The van der Waals surface area contributed by atoms with Crippen LogP contribution in [0.5, 0.6) is 0 Å². The number of aromatic nitrogens is 1. The summed E-state index contributed by atoms with van der Waals surface area (Å²) in [7, 11) is 0. The number of likely N-dealkylation sites (tertiary alicyclic amines) is 1. The first-order valence-corrected chi connectivity index (χ1v) is 8.94. The smallest absolute Gasteiger partial charge is 0.226 e. The van der Waals surface area contributed by atoms with E-state index in [4.69, 9.17) is 16.0 Å². The Morgan fingerprint density at radius 1 is 1.12 bits per heavy atom. The van der Waals surface area contributed by atoms with E-state index >= 15 is 0 Å². The van der Waals surface area contributed by atoms with E-state index in [1.165, 1.54) is 0 Å². The molecule has 0 spiro atoms. The third-order valence-corrected chi connectivity index (χ3v) is 5.03. The molecule has 5 heteroatoms. The van der Waals surface area contributed by atoms with Crippen LogP contribution in [-0.4, -0.2) is 28.9 Å². The van der Waals surface area contributed by atoms with Crippen LogP contribution in [0.15, 0.2) is 52.9 Å². The number of piperidine rings is 1. The van der Waals surface area contributed by atoms with Gasteiger partial charge in [0.25, 0.3) is 0 Å². The number of hydrogen-bond acceptors (Lipinski definition) is 3. The summed E-state index contributed by atoms with van der Waals surface area (Å²) < 4.78 is 5.88. The first kappa shape index (κ1) is 16.2. The zero-order valence-corrected chi connectivity index (χ0v) is 14.6. The van der Waals surface area contributed by atoms with Gasteiger partial charge in [0.1, 0.15) is 5.52 Å². The fourth-order valence-corrected chi connectivity index (χ4v) is 3.46. The Hall–Kier alpha value is -2.33. The summed E-state index contributed by atoms with van der Waals surface area (Å²) in [4.78, 5) is 19.0. The van der Waals surface area contributed by atoms with Gasteiger partial charge in [0, 0.05) is 24.0 Å². The lowest BCUT2D eigenvalue weighted by molar-refractivity contribution is -0.131. The molecule has 1 aliphatic heterocycles. The van der Waals surface area contributed by atoms with Crippen molar-refractivity contribution in [3.05, 3.63) is 65.0 Å².